The van der Waals surface area contributed by atoms with Gasteiger partial charge in [-0.15, -0.1) is 10.2 Å². The molecule has 0 fully saturated rings. The van der Waals surface area contributed by atoms with E-state index in [1.165, 1.54) is 23.1 Å². The number of benzene rings is 1. The molecule has 1 heterocycles. The second kappa shape index (κ2) is 9.01. The van der Waals surface area contributed by atoms with E-state index in [4.69, 9.17) is 5.26 Å². The minimum absolute atomic E-state index is 0.0445. The van der Waals surface area contributed by atoms with Gasteiger partial charge in [0.15, 0.2) is 4.34 Å². The van der Waals surface area contributed by atoms with Gasteiger partial charge >= 0.3 is 0 Å². The highest BCUT2D eigenvalue weighted by Gasteiger charge is 2.24. The third kappa shape index (κ3) is 6.00. The molecule has 2 aromatic rings. The molecule has 2 rings (SSSR count). The number of nitrogens with one attached hydrogen (secondary N) is 1. The van der Waals surface area contributed by atoms with E-state index in [9.17, 15) is 4.79 Å². The molecule has 0 saturated carbocycles. The molecule has 1 unspecified atom stereocenters. The number of hydrogen-bond donors (Lipinski definition) is 1. The fourth-order valence-electron chi connectivity index (χ4n) is 2.19. The Labute approximate surface area is 162 Å². The summed E-state index contributed by atoms with van der Waals surface area (Å²) < 4.78 is 0.742. The van der Waals surface area contributed by atoms with Crippen LogP contribution in [0.2, 0.25) is 0 Å². The molecule has 26 heavy (non-hydrogen) atoms. The fourth-order valence-corrected chi connectivity index (χ4v) is 4.35. The van der Waals surface area contributed by atoms with Crippen molar-refractivity contribution < 1.29 is 4.79 Å². The van der Waals surface area contributed by atoms with Gasteiger partial charge in [0.05, 0.1) is 17.7 Å². The van der Waals surface area contributed by atoms with Crippen molar-refractivity contribution in [2.75, 3.05) is 16.8 Å². The molecule has 0 aliphatic heterocycles. The van der Waals surface area contributed by atoms with Crippen LogP contribution in [-0.4, -0.2) is 33.4 Å². The van der Waals surface area contributed by atoms with Crippen LogP contribution in [0.25, 0.3) is 0 Å². The number of nitrogens with zero attached hydrogens (tertiary/aromatic N) is 4. The van der Waals surface area contributed by atoms with Gasteiger partial charge < -0.3 is 10.2 Å². The minimum Gasteiger partial charge on any atom is -0.355 e. The SMILES string of the molecule is CC(Sc1nnc(NC(C)(C)C)s1)C(=O)N(CCC#N)c1ccccc1. The number of carbonyl (C=O) groups is 1. The lowest BCUT2D eigenvalue weighted by Gasteiger charge is -2.24. The topological polar surface area (TPSA) is 81.9 Å². The number of amides is 1. The number of carbonyl (C=O) groups excluding carboxylic acids is 1. The number of aromatic nitrogens is 2. The van der Waals surface area contributed by atoms with Crippen molar-refractivity contribution in [2.45, 2.75) is 49.2 Å². The van der Waals surface area contributed by atoms with Crippen LogP contribution >= 0.6 is 23.1 Å². The number of nitriles is 1. The van der Waals surface area contributed by atoms with Crippen LogP contribution in [0.1, 0.15) is 34.1 Å². The van der Waals surface area contributed by atoms with E-state index in [0.29, 0.717) is 6.54 Å². The summed E-state index contributed by atoms with van der Waals surface area (Å²) >= 11 is 2.82. The fraction of sp³-hybridized carbons (Fsp3) is 0.444. The molecule has 1 N–H and O–H groups in total. The van der Waals surface area contributed by atoms with Crippen molar-refractivity contribution in [3.63, 3.8) is 0 Å². The zero-order valence-electron chi connectivity index (χ0n) is 15.4. The third-order valence-electron chi connectivity index (χ3n) is 3.29. The maximum Gasteiger partial charge on any atom is 0.240 e. The van der Waals surface area contributed by atoms with Gasteiger partial charge in [-0.05, 0) is 39.8 Å². The molecule has 6 nitrogen and oxygen atoms in total. The number of para-hydroxylation sites is 1. The first-order valence-electron chi connectivity index (χ1n) is 8.32. The summed E-state index contributed by atoms with van der Waals surface area (Å²) in [5.41, 5.74) is 0.706. The smallest absolute Gasteiger partial charge is 0.240 e. The van der Waals surface area contributed by atoms with Crippen molar-refractivity contribution in [2.24, 2.45) is 0 Å². The van der Waals surface area contributed by atoms with Gasteiger partial charge in [-0.1, -0.05) is 41.3 Å². The molecule has 1 atom stereocenters. The van der Waals surface area contributed by atoms with Gasteiger partial charge in [0, 0.05) is 17.8 Å². The molecule has 0 saturated heterocycles. The lowest BCUT2D eigenvalue weighted by atomic mass is 10.1. The quantitative estimate of drug-likeness (QED) is 0.716. The van der Waals surface area contributed by atoms with Crippen LogP contribution in [-0.2, 0) is 4.79 Å². The molecule has 0 aliphatic carbocycles. The van der Waals surface area contributed by atoms with Crippen molar-refractivity contribution >= 4 is 39.8 Å². The predicted octanol–water partition coefficient (Wildman–Crippen LogP) is 4.18. The molecule has 1 aromatic heterocycles. The molecular formula is C18H23N5OS2. The summed E-state index contributed by atoms with van der Waals surface area (Å²) in [6, 6.07) is 11.5. The van der Waals surface area contributed by atoms with Crippen molar-refractivity contribution in [1.82, 2.24) is 10.2 Å². The first kappa shape index (κ1) is 20.2. The summed E-state index contributed by atoms with van der Waals surface area (Å²) in [6.07, 6.45) is 0.288. The van der Waals surface area contributed by atoms with Gasteiger partial charge in [-0.2, -0.15) is 5.26 Å². The number of rotatable bonds is 7. The molecule has 138 valence electrons. The lowest BCUT2D eigenvalue weighted by molar-refractivity contribution is -0.117. The average Bonchev–Trinajstić information content (AvgIpc) is 3.00. The Morgan fingerprint density at radius 1 is 1.35 bits per heavy atom. The second-order valence-corrected chi connectivity index (χ2v) is 9.31. The molecule has 0 spiro atoms. The van der Waals surface area contributed by atoms with E-state index in [1.807, 2.05) is 37.3 Å². The molecule has 0 bridgehead atoms. The molecule has 1 amide bonds. The van der Waals surface area contributed by atoms with Gasteiger partial charge in [0.2, 0.25) is 11.0 Å². The summed E-state index contributed by atoms with van der Waals surface area (Å²) in [4.78, 5) is 14.6. The summed E-state index contributed by atoms with van der Waals surface area (Å²) in [7, 11) is 0. The van der Waals surface area contributed by atoms with E-state index in [0.717, 1.165) is 15.2 Å². The third-order valence-corrected chi connectivity index (χ3v) is 5.31. The first-order chi connectivity index (χ1) is 12.3. The van der Waals surface area contributed by atoms with Crippen molar-refractivity contribution in [3.8, 4) is 6.07 Å². The molecule has 0 aliphatic rings. The highest BCUT2D eigenvalue weighted by Crippen LogP contribution is 2.31. The van der Waals surface area contributed by atoms with Gasteiger partial charge in [0.25, 0.3) is 0 Å². The Bertz CT molecular complexity index is 764. The van der Waals surface area contributed by atoms with E-state index < -0.39 is 0 Å². The van der Waals surface area contributed by atoms with Crippen LogP contribution in [0, 0.1) is 11.3 Å². The van der Waals surface area contributed by atoms with Crippen LogP contribution in [0.5, 0.6) is 0 Å². The molecular weight excluding hydrogens is 366 g/mol. The Morgan fingerprint density at radius 3 is 2.65 bits per heavy atom. The number of thioether (sulfide) groups is 1. The maximum absolute atomic E-state index is 12.9. The second-order valence-electron chi connectivity index (χ2n) is 6.74. The van der Waals surface area contributed by atoms with E-state index >= 15 is 0 Å². The summed E-state index contributed by atoms with van der Waals surface area (Å²) in [5, 5.41) is 20.9. The van der Waals surface area contributed by atoms with Gasteiger partial charge in [-0.25, -0.2) is 0 Å². The zero-order chi connectivity index (χ0) is 19.2. The van der Waals surface area contributed by atoms with Crippen molar-refractivity contribution in [3.05, 3.63) is 30.3 Å². The minimum atomic E-state index is -0.329. The standard InChI is InChI=1S/C18H23N5OS2/c1-13(25-17-22-21-16(26-17)20-18(2,3)4)15(24)23(12-8-11-19)14-9-6-5-7-10-14/h5-7,9-10,13H,8,12H2,1-4H3,(H,20,21). The monoisotopic (exact) mass is 389 g/mol. The zero-order valence-corrected chi connectivity index (χ0v) is 17.0. The largest absolute Gasteiger partial charge is 0.355 e. The number of anilines is 2. The predicted molar refractivity (Wildman–Crippen MR) is 108 cm³/mol. The van der Waals surface area contributed by atoms with Crippen LogP contribution in [0.15, 0.2) is 34.7 Å². The van der Waals surface area contributed by atoms with Crippen LogP contribution < -0.4 is 10.2 Å². The first-order valence-corrected chi connectivity index (χ1v) is 10.0. The van der Waals surface area contributed by atoms with E-state index in [-0.39, 0.29) is 23.1 Å². The maximum atomic E-state index is 12.9. The average molecular weight is 390 g/mol. The normalized spacial score (nSPS) is 12.3. The summed E-state index contributed by atoms with van der Waals surface area (Å²) in [6.45, 7) is 8.39. The van der Waals surface area contributed by atoms with Crippen molar-refractivity contribution in [1.29, 1.82) is 5.26 Å². The summed E-state index contributed by atoms with van der Waals surface area (Å²) in [5.74, 6) is -0.0445. The highest BCUT2D eigenvalue weighted by molar-refractivity contribution is 8.02. The van der Waals surface area contributed by atoms with Gasteiger partial charge in [-0.3, -0.25) is 4.79 Å². The van der Waals surface area contributed by atoms with Crippen LogP contribution in [0.4, 0.5) is 10.8 Å². The lowest BCUT2D eigenvalue weighted by Crippen LogP contribution is -2.37. The van der Waals surface area contributed by atoms with E-state index in [1.54, 1.807) is 4.90 Å². The Morgan fingerprint density at radius 2 is 2.04 bits per heavy atom. The molecule has 8 heteroatoms. The Balaban J connectivity index is 2.08. The molecule has 0 radical (unpaired) electrons. The Kier molecular flexibility index (Phi) is 7.00. The highest BCUT2D eigenvalue weighted by atomic mass is 32.2. The number of hydrogen-bond acceptors (Lipinski definition) is 7. The van der Waals surface area contributed by atoms with E-state index in [2.05, 4.69) is 42.4 Å². The van der Waals surface area contributed by atoms with Crippen LogP contribution in [0.3, 0.4) is 0 Å². The van der Waals surface area contributed by atoms with Gasteiger partial charge in [0.1, 0.15) is 0 Å². The molecule has 1 aromatic carbocycles. The Hall–Kier alpha value is -2.11.